The maximum Gasteiger partial charge on any atom is 0.126 e. The van der Waals surface area contributed by atoms with Crippen molar-refractivity contribution >= 4 is 0 Å². The number of piperidine rings is 1. The van der Waals surface area contributed by atoms with E-state index in [4.69, 9.17) is 0 Å². The first-order valence-corrected chi connectivity index (χ1v) is 5.39. The van der Waals surface area contributed by atoms with Crippen LogP contribution in [0.3, 0.4) is 0 Å². The Hall–Kier alpha value is -0.930. The summed E-state index contributed by atoms with van der Waals surface area (Å²) in [5, 5.41) is 12.5. The Balaban J connectivity index is 2.24. The summed E-state index contributed by atoms with van der Waals surface area (Å²) in [5.74, 6) is 0.135. The molecule has 0 aromatic heterocycles. The summed E-state index contributed by atoms with van der Waals surface area (Å²) in [6, 6.07) is 6.88. The van der Waals surface area contributed by atoms with E-state index in [1.165, 1.54) is 6.07 Å². The van der Waals surface area contributed by atoms with E-state index in [9.17, 15) is 9.50 Å². The first kappa shape index (κ1) is 10.6. The zero-order chi connectivity index (χ0) is 10.7. The van der Waals surface area contributed by atoms with Crippen LogP contribution in [-0.2, 0) is 0 Å². The Labute approximate surface area is 89.1 Å². The van der Waals surface area contributed by atoms with E-state index in [0.717, 1.165) is 25.1 Å². The van der Waals surface area contributed by atoms with Gasteiger partial charge in [-0.25, -0.2) is 4.39 Å². The third-order valence-electron chi connectivity index (χ3n) is 3.15. The van der Waals surface area contributed by atoms with Crippen molar-refractivity contribution in [2.45, 2.75) is 12.3 Å². The maximum absolute atomic E-state index is 13.6. The number of nitrogens with one attached hydrogen (secondary N) is 1. The molecule has 3 heteroatoms. The summed E-state index contributed by atoms with van der Waals surface area (Å²) in [5.41, 5.74) is 0.748. The third kappa shape index (κ3) is 2.19. The van der Waals surface area contributed by atoms with Crippen LogP contribution in [0.25, 0.3) is 0 Å². The lowest BCUT2D eigenvalue weighted by atomic mass is 9.81. The molecule has 0 amide bonds. The Bertz CT molecular complexity index is 329. The predicted octanol–water partition coefficient (Wildman–Crippen LogP) is 1.51. The van der Waals surface area contributed by atoms with Crippen LogP contribution < -0.4 is 5.32 Å². The van der Waals surface area contributed by atoms with E-state index in [1.54, 1.807) is 6.07 Å². The van der Waals surface area contributed by atoms with E-state index in [0.29, 0.717) is 0 Å². The van der Waals surface area contributed by atoms with Crippen molar-refractivity contribution in [1.82, 2.24) is 5.32 Å². The maximum atomic E-state index is 13.6. The molecule has 2 rings (SSSR count). The number of aliphatic hydroxyl groups excluding tert-OH is 1. The van der Waals surface area contributed by atoms with Crippen LogP contribution >= 0.6 is 0 Å². The van der Waals surface area contributed by atoms with Gasteiger partial charge in [0.1, 0.15) is 5.82 Å². The van der Waals surface area contributed by atoms with Crippen LogP contribution in [0.2, 0.25) is 0 Å². The van der Waals surface area contributed by atoms with Gasteiger partial charge in [-0.3, -0.25) is 0 Å². The fourth-order valence-electron chi connectivity index (χ4n) is 2.30. The minimum Gasteiger partial charge on any atom is -0.396 e. The molecule has 1 saturated heterocycles. The van der Waals surface area contributed by atoms with Crippen molar-refractivity contribution in [2.75, 3.05) is 19.7 Å². The molecular formula is C12H16FNO. The van der Waals surface area contributed by atoms with Crippen molar-refractivity contribution in [3.8, 4) is 0 Å². The van der Waals surface area contributed by atoms with Gasteiger partial charge in [0.15, 0.2) is 0 Å². The molecule has 1 aromatic rings. The second-order valence-electron chi connectivity index (χ2n) is 4.06. The van der Waals surface area contributed by atoms with Crippen molar-refractivity contribution in [1.29, 1.82) is 0 Å². The minimum absolute atomic E-state index is 0.117. The van der Waals surface area contributed by atoms with Crippen LogP contribution in [0.5, 0.6) is 0 Å². The molecule has 1 aliphatic rings. The molecule has 0 saturated carbocycles. The average Bonchev–Trinajstić information content (AvgIpc) is 2.30. The van der Waals surface area contributed by atoms with Gasteiger partial charge in [0.05, 0.1) is 0 Å². The summed E-state index contributed by atoms with van der Waals surface area (Å²) in [7, 11) is 0. The Kier molecular flexibility index (Phi) is 3.34. The quantitative estimate of drug-likeness (QED) is 0.774. The molecule has 1 heterocycles. The van der Waals surface area contributed by atoms with Gasteiger partial charge in [-0.1, -0.05) is 18.2 Å². The van der Waals surface area contributed by atoms with E-state index in [2.05, 4.69) is 5.32 Å². The van der Waals surface area contributed by atoms with Gasteiger partial charge in [0.25, 0.3) is 0 Å². The molecular weight excluding hydrogens is 193 g/mol. The number of halogens is 1. The Morgan fingerprint density at radius 3 is 2.93 bits per heavy atom. The van der Waals surface area contributed by atoms with Crippen molar-refractivity contribution in [3.63, 3.8) is 0 Å². The van der Waals surface area contributed by atoms with Gasteiger partial charge in [0, 0.05) is 19.1 Å². The van der Waals surface area contributed by atoms with Crippen LogP contribution in [0.15, 0.2) is 24.3 Å². The molecule has 2 atom stereocenters. The highest BCUT2D eigenvalue weighted by molar-refractivity contribution is 5.23. The molecule has 82 valence electrons. The largest absolute Gasteiger partial charge is 0.396 e. The number of rotatable bonds is 2. The fraction of sp³-hybridized carbons (Fsp3) is 0.500. The lowest BCUT2D eigenvalue weighted by Gasteiger charge is -2.31. The molecule has 2 unspecified atom stereocenters. The van der Waals surface area contributed by atoms with Crippen LogP contribution in [-0.4, -0.2) is 24.8 Å². The molecule has 2 N–H and O–H groups in total. The van der Waals surface area contributed by atoms with Crippen molar-refractivity contribution in [2.24, 2.45) is 5.92 Å². The lowest BCUT2D eigenvalue weighted by Crippen LogP contribution is -2.37. The first-order valence-electron chi connectivity index (χ1n) is 5.39. The number of benzene rings is 1. The second-order valence-corrected chi connectivity index (χ2v) is 4.06. The summed E-state index contributed by atoms with van der Waals surface area (Å²) in [6.07, 6.45) is 0.895. The topological polar surface area (TPSA) is 32.3 Å². The number of aliphatic hydroxyl groups is 1. The van der Waals surface area contributed by atoms with E-state index >= 15 is 0 Å². The molecule has 0 bridgehead atoms. The van der Waals surface area contributed by atoms with Crippen molar-refractivity contribution < 1.29 is 9.50 Å². The Morgan fingerprint density at radius 2 is 2.20 bits per heavy atom. The van der Waals surface area contributed by atoms with Crippen LogP contribution in [0, 0.1) is 11.7 Å². The van der Waals surface area contributed by atoms with Gasteiger partial charge in [0.2, 0.25) is 0 Å². The number of hydrogen-bond donors (Lipinski definition) is 2. The Morgan fingerprint density at radius 1 is 1.40 bits per heavy atom. The SMILES string of the molecule is OCC1CNCCC1c1ccccc1F. The van der Waals surface area contributed by atoms with Gasteiger partial charge in [-0.2, -0.15) is 0 Å². The summed E-state index contributed by atoms with van der Waals surface area (Å²) in [4.78, 5) is 0. The smallest absolute Gasteiger partial charge is 0.126 e. The molecule has 1 aromatic carbocycles. The zero-order valence-corrected chi connectivity index (χ0v) is 8.62. The highest BCUT2D eigenvalue weighted by atomic mass is 19.1. The summed E-state index contributed by atoms with van der Waals surface area (Å²) >= 11 is 0. The van der Waals surface area contributed by atoms with E-state index < -0.39 is 0 Å². The molecule has 15 heavy (non-hydrogen) atoms. The summed E-state index contributed by atoms with van der Waals surface area (Å²) in [6.45, 7) is 1.79. The van der Waals surface area contributed by atoms with Crippen LogP contribution in [0.4, 0.5) is 4.39 Å². The average molecular weight is 209 g/mol. The van der Waals surface area contributed by atoms with Gasteiger partial charge < -0.3 is 10.4 Å². The molecule has 0 aliphatic carbocycles. The summed E-state index contributed by atoms with van der Waals surface area (Å²) < 4.78 is 13.6. The normalized spacial score (nSPS) is 26.5. The first-order chi connectivity index (χ1) is 7.33. The standard InChI is InChI=1S/C12H16FNO/c13-12-4-2-1-3-11(12)10-5-6-14-7-9(10)8-15/h1-4,9-10,14-15H,5-8H2. The molecule has 1 aliphatic heterocycles. The van der Waals surface area contributed by atoms with Gasteiger partial charge >= 0.3 is 0 Å². The monoisotopic (exact) mass is 209 g/mol. The molecule has 1 fully saturated rings. The molecule has 0 radical (unpaired) electrons. The zero-order valence-electron chi connectivity index (χ0n) is 8.62. The minimum atomic E-state index is -0.150. The van der Waals surface area contributed by atoms with E-state index in [-0.39, 0.29) is 24.3 Å². The number of hydrogen-bond acceptors (Lipinski definition) is 2. The van der Waals surface area contributed by atoms with Crippen molar-refractivity contribution in [3.05, 3.63) is 35.6 Å². The fourth-order valence-corrected chi connectivity index (χ4v) is 2.30. The van der Waals surface area contributed by atoms with Crippen LogP contribution in [0.1, 0.15) is 17.9 Å². The lowest BCUT2D eigenvalue weighted by molar-refractivity contribution is 0.178. The predicted molar refractivity (Wildman–Crippen MR) is 57.2 cm³/mol. The van der Waals surface area contributed by atoms with Gasteiger partial charge in [-0.05, 0) is 30.5 Å². The molecule has 2 nitrogen and oxygen atoms in total. The van der Waals surface area contributed by atoms with E-state index in [1.807, 2.05) is 12.1 Å². The third-order valence-corrected chi connectivity index (χ3v) is 3.15. The highest BCUT2D eigenvalue weighted by Gasteiger charge is 2.27. The highest BCUT2D eigenvalue weighted by Crippen LogP contribution is 2.31. The van der Waals surface area contributed by atoms with Gasteiger partial charge in [-0.15, -0.1) is 0 Å². The second kappa shape index (κ2) is 4.73. The molecule has 0 spiro atoms.